The van der Waals surface area contributed by atoms with E-state index in [1.165, 1.54) is 13.0 Å². The van der Waals surface area contributed by atoms with Gasteiger partial charge in [0.15, 0.2) is 11.5 Å². The van der Waals surface area contributed by atoms with Gasteiger partial charge in [-0.25, -0.2) is 0 Å². The van der Waals surface area contributed by atoms with Crippen molar-refractivity contribution in [2.24, 2.45) is 0 Å². The molecular weight excluding hydrogens is 144 g/mol. The van der Waals surface area contributed by atoms with Crippen LogP contribution in [0.5, 0.6) is 0 Å². The molecule has 0 bridgehead atoms. The molecular formula is C8H10O3. The van der Waals surface area contributed by atoms with Crippen LogP contribution in [0.3, 0.4) is 0 Å². The molecule has 3 nitrogen and oxygen atoms in total. The summed E-state index contributed by atoms with van der Waals surface area (Å²) in [4.78, 5) is 0. The van der Waals surface area contributed by atoms with Gasteiger partial charge in [0.1, 0.15) is 0 Å². The van der Waals surface area contributed by atoms with Crippen LogP contribution in [-0.4, -0.2) is 15.3 Å². The summed E-state index contributed by atoms with van der Waals surface area (Å²) >= 11 is 0. The molecule has 1 aliphatic carbocycles. The van der Waals surface area contributed by atoms with E-state index in [1.54, 1.807) is 6.08 Å². The summed E-state index contributed by atoms with van der Waals surface area (Å²) in [5, 5.41) is 27.2. The van der Waals surface area contributed by atoms with Crippen LogP contribution in [0.15, 0.2) is 35.0 Å². The predicted molar refractivity (Wildman–Crippen MR) is 41.4 cm³/mol. The lowest BCUT2D eigenvalue weighted by atomic mass is 10.0. The summed E-state index contributed by atoms with van der Waals surface area (Å²) < 4.78 is 0. The first kappa shape index (κ1) is 7.72. The van der Waals surface area contributed by atoms with Crippen molar-refractivity contribution in [3.8, 4) is 0 Å². The Morgan fingerprint density at radius 2 is 2.09 bits per heavy atom. The highest BCUT2D eigenvalue weighted by Gasteiger charge is 2.13. The lowest BCUT2D eigenvalue weighted by molar-refractivity contribution is 0.330. The standard InChI is InChI=1S/C8H10O3/c1-5(9)6-3-2-4-7(10)8(6)11/h2,4,9-11H,3H2,1H3/b6-5+. The number of aliphatic hydroxyl groups excluding tert-OH is 3. The van der Waals surface area contributed by atoms with Crippen LogP contribution in [0.4, 0.5) is 0 Å². The van der Waals surface area contributed by atoms with Crippen LogP contribution < -0.4 is 0 Å². The third-order valence-corrected chi connectivity index (χ3v) is 1.56. The van der Waals surface area contributed by atoms with Gasteiger partial charge in [-0.05, 0) is 19.4 Å². The third-order valence-electron chi connectivity index (χ3n) is 1.56. The average Bonchev–Trinajstić information content (AvgIpc) is 1.94. The molecule has 0 amide bonds. The summed E-state index contributed by atoms with van der Waals surface area (Å²) in [7, 11) is 0. The summed E-state index contributed by atoms with van der Waals surface area (Å²) in [6, 6.07) is 0. The van der Waals surface area contributed by atoms with E-state index >= 15 is 0 Å². The number of hydrogen-bond acceptors (Lipinski definition) is 3. The quantitative estimate of drug-likeness (QED) is 0.468. The molecule has 0 atom stereocenters. The first-order chi connectivity index (χ1) is 5.13. The van der Waals surface area contributed by atoms with Crippen LogP contribution in [0, 0.1) is 0 Å². The zero-order chi connectivity index (χ0) is 8.43. The first-order valence-electron chi connectivity index (χ1n) is 3.30. The van der Waals surface area contributed by atoms with E-state index in [0.717, 1.165) is 0 Å². The van der Waals surface area contributed by atoms with Gasteiger partial charge >= 0.3 is 0 Å². The molecule has 0 aromatic heterocycles. The number of hydrogen-bond donors (Lipinski definition) is 3. The fourth-order valence-corrected chi connectivity index (χ4v) is 0.938. The molecule has 0 radical (unpaired) electrons. The fourth-order valence-electron chi connectivity index (χ4n) is 0.938. The Morgan fingerprint density at radius 3 is 2.55 bits per heavy atom. The monoisotopic (exact) mass is 154 g/mol. The molecule has 3 N–H and O–H groups in total. The summed E-state index contributed by atoms with van der Waals surface area (Å²) in [6.07, 6.45) is 3.53. The van der Waals surface area contributed by atoms with E-state index < -0.39 is 0 Å². The van der Waals surface area contributed by atoms with Crippen LogP contribution >= 0.6 is 0 Å². The largest absolute Gasteiger partial charge is 0.512 e. The van der Waals surface area contributed by atoms with Crippen molar-refractivity contribution >= 4 is 0 Å². The topological polar surface area (TPSA) is 60.7 Å². The Morgan fingerprint density at radius 1 is 1.45 bits per heavy atom. The SMILES string of the molecule is C/C(O)=C1/CC=CC(O)=C1O. The molecule has 0 aliphatic heterocycles. The normalized spacial score (nSPS) is 22.3. The molecule has 0 saturated carbocycles. The zero-order valence-corrected chi connectivity index (χ0v) is 6.20. The highest BCUT2D eigenvalue weighted by Crippen LogP contribution is 2.22. The van der Waals surface area contributed by atoms with Crippen molar-refractivity contribution in [3.63, 3.8) is 0 Å². The zero-order valence-electron chi connectivity index (χ0n) is 6.20. The van der Waals surface area contributed by atoms with Gasteiger partial charge in [0.05, 0.1) is 5.76 Å². The number of aliphatic hydroxyl groups is 3. The van der Waals surface area contributed by atoms with Gasteiger partial charge in [0.25, 0.3) is 0 Å². The van der Waals surface area contributed by atoms with Gasteiger partial charge in [-0.15, -0.1) is 0 Å². The summed E-state index contributed by atoms with van der Waals surface area (Å²) in [5.74, 6) is -0.384. The summed E-state index contributed by atoms with van der Waals surface area (Å²) in [5.41, 5.74) is 0.380. The third kappa shape index (κ3) is 1.37. The Balaban J connectivity index is 3.09. The molecule has 11 heavy (non-hydrogen) atoms. The molecule has 0 aromatic rings. The van der Waals surface area contributed by atoms with Crippen molar-refractivity contribution < 1.29 is 15.3 Å². The Labute approximate surface area is 64.6 Å². The average molecular weight is 154 g/mol. The highest BCUT2D eigenvalue weighted by atomic mass is 16.3. The minimum Gasteiger partial charge on any atom is -0.512 e. The molecule has 1 aliphatic rings. The van der Waals surface area contributed by atoms with Crippen molar-refractivity contribution in [2.75, 3.05) is 0 Å². The van der Waals surface area contributed by atoms with E-state index in [-0.39, 0.29) is 17.3 Å². The van der Waals surface area contributed by atoms with Crippen molar-refractivity contribution in [1.29, 1.82) is 0 Å². The molecule has 0 unspecified atom stereocenters. The van der Waals surface area contributed by atoms with Crippen LogP contribution in [0.1, 0.15) is 13.3 Å². The minimum atomic E-state index is -0.229. The van der Waals surface area contributed by atoms with Crippen LogP contribution in [0.2, 0.25) is 0 Å². The van der Waals surface area contributed by atoms with E-state index in [1.807, 2.05) is 0 Å². The Kier molecular flexibility index (Phi) is 1.89. The summed E-state index contributed by atoms with van der Waals surface area (Å²) in [6.45, 7) is 1.47. The second kappa shape index (κ2) is 2.70. The van der Waals surface area contributed by atoms with Crippen LogP contribution in [-0.2, 0) is 0 Å². The fraction of sp³-hybridized carbons (Fsp3) is 0.250. The van der Waals surface area contributed by atoms with Gasteiger partial charge in [-0.3, -0.25) is 0 Å². The second-order valence-electron chi connectivity index (χ2n) is 2.40. The lowest BCUT2D eigenvalue weighted by Crippen LogP contribution is -1.99. The number of allylic oxidation sites excluding steroid dienone is 4. The Hall–Kier alpha value is -1.38. The van der Waals surface area contributed by atoms with Crippen molar-refractivity contribution in [2.45, 2.75) is 13.3 Å². The van der Waals surface area contributed by atoms with Gasteiger partial charge in [-0.2, -0.15) is 0 Å². The maximum absolute atomic E-state index is 9.17. The Bertz CT molecular complexity index is 255. The molecule has 0 spiro atoms. The van der Waals surface area contributed by atoms with E-state index in [2.05, 4.69) is 0 Å². The maximum atomic E-state index is 9.17. The van der Waals surface area contributed by atoms with E-state index in [0.29, 0.717) is 12.0 Å². The molecule has 0 fully saturated rings. The van der Waals surface area contributed by atoms with Gasteiger partial charge < -0.3 is 15.3 Å². The van der Waals surface area contributed by atoms with E-state index in [9.17, 15) is 0 Å². The molecule has 3 heteroatoms. The number of rotatable bonds is 0. The highest BCUT2D eigenvalue weighted by molar-refractivity contribution is 5.38. The molecule has 60 valence electrons. The first-order valence-corrected chi connectivity index (χ1v) is 3.30. The molecule has 0 saturated heterocycles. The van der Waals surface area contributed by atoms with Crippen LogP contribution in [0.25, 0.3) is 0 Å². The maximum Gasteiger partial charge on any atom is 0.164 e. The van der Waals surface area contributed by atoms with E-state index in [4.69, 9.17) is 15.3 Å². The smallest absolute Gasteiger partial charge is 0.164 e. The van der Waals surface area contributed by atoms with Crippen molar-refractivity contribution in [1.82, 2.24) is 0 Å². The second-order valence-corrected chi connectivity index (χ2v) is 2.40. The molecule has 0 heterocycles. The van der Waals surface area contributed by atoms with Crippen molar-refractivity contribution in [3.05, 3.63) is 35.0 Å². The molecule has 1 rings (SSSR count). The minimum absolute atomic E-state index is 0.0402. The van der Waals surface area contributed by atoms with Gasteiger partial charge in [-0.1, -0.05) is 6.08 Å². The van der Waals surface area contributed by atoms with Gasteiger partial charge in [0.2, 0.25) is 0 Å². The molecule has 0 aromatic carbocycles. The predicted octanol–water partition coefficient (Wildman–Crippen LogP) is 2.11. The van der Waals surface area contributed by atoms with Gasteiger partial charge in [0, 0.05) is 5.57 Å². The lowest BCUT2D eigenvalue weighted by Gasteiger charge is -2.10.